The van der Waals surface area contributed by atoms with Crippen LogP contribution in [-0.4, -0.2) is 48.5 Å². The number of anilines is 1. The number of alkyl halides is 2. The topological polar surface area (TPSA) is 66.7 Å². The van der Waals surface area contributed by atoms with Crippen molar-refractivity contribution in [1.29, 1.82) is 0 Å². The molecule has 1 saturated heterocycles. The molecule has 0 radical (unpaired) electrons. The van der Waals surface area contributed by atoms with Crippen molar-refractivity contribution >= 4 is 11.6 Å². The fraction of sp³-hybridized carbons (Fsp3) is 0.444. The number of guanidine groups is 1. The van der Waals surface area contributed by atoms with Gasteiger partial charge in [-0.05, 0) is 24.6 Å². The molecule has 1 atom stereocenters. The zero-order chi connectivity index (χ0) is 19.2. The molecular weight excluding hydrogens is 354 g/mol. The molecule has 0 saturated carbocycles. The normalized spacial score (nSPS) is 17.4. The first-order valence-corrected chi connectivity index (χ1v) is 8.79. The van der Waals surface area contributed by atoms with E-state index >= 15 is 0 Å². The fourth-order valence-electron chi connectivity index (χ4n) is 3.15. The lowest BCUT2D eigenvalue weighted by atomic mass is 10.2. The van der Waals surface area contributed by atoms with Crippen LogP contribution in [0.4, 0.5) is 14.5 Å². The van der Waals surface area contributed by atoms with Crippen molar-refractivity contribution in [2.24, 2.45) is 12.0 Å². The van der Waals surface area contributed by atoms with Crippen molar-refractivity contribution in [3.8, 4) is 5.75 Å². The van der Waals surface area contributed by atoms with Gasteiger partial charge in [0, 0.05) is 39.4 Å². The van der Waals surface area contributed by atoms with Crippen LogP contribution in [0.3, 0.4) is 0 Å². The Morgan fingerprint density at radius 1 is 1.37 bits per heavy atom. The number of nitrogens with one attached hydrogen (secondary N) is 2. The van der Waals surface area contributed by atoms with E-state index in [-0.39, 0.29) is 11.8 Å². The van der Waals surface area contributed by atoms with Crippen molar-refractivity contribution in [3.63, 3.8) is 0 Å². The molecular formula is C18H24F2N6O. The quantitative estimate of drug-likeness (QED) is 0.594. The number of hydrogen-bond acceptors (Lipinski definition) is 4. The molecule has 1 fully saturated rings. The summed E-state index contributed by atoms with van der Waals surface area (Å²) in [4.78, 5) is 6.30. The number of halogens is 2. The van der Waals surface area contributed by atoms with Gasteiger partial charge in [0.15, 0.2) is 5.96 Å². The van der Waals surface area contributed by atoms with Crippen molar-refractivity contribution in [3.05, 3.63) is 42.2 Å². The highest BCUT2D eigenvalue weighted by molar-refractivity contribution is 5.80. The average Bonchev–Trinajstić information content (AvgIpc) is 3.27. The van der Waals surface area contributed by atoms with E-state index in [1.165, 1.54) is 0 Å². The van der Waals surface area contributed by atoms with Crippen LogP contribution in [0.2, 0.25) is 0 Å². The molecule has 1 aromatic heterocycles. The Kier molecular flexibility index (Phi) is 6.10. The first-order chi connectivity index (χ1) is 13.1. The lowest BCUT2D eigenvalue weighted by Gasteiger charge is -2.22. The van der Waals surface area contributed by atoms with E-state index in [2.05, 4.69) is 25.5 Å². The van der Waals surface area contributed by atoms with Crippen LogP contribution < -0.4 is 20.3 Å². The minimum Gasteiger partial charge on any atom is -0.433 e. The first-order valence-electron chi connectivity index (χ1n) is 8.79. The highest BCUT2D eigenvalue weighted by Crippen LogP contribution is 2.31. The summed E-state index contributed by atoms with van der Waals surface area (Å²) in [5.74, 6) is 0.895. The third-order valence-corrected chi connectivity index (χ3v) is 4.53. The van der Waals surface area contributed by atoms with E-state index in [1.807, 2.05) is 24.1 Å². The Balaban J connectivity index is 1.57. The van der Waals surface area contributed by atoms with Crippen LogP contribution >= 0.6 is 0 Å². The maximum absolute atomic E-state index is 12.6. The van der Waals surface area contributed by atoms with Crippen molar-refractivity contribution in [2.75, 3.05) is 25.0 Å². The minimum absolute atomic E-state index is 0.155. The third-order valence-electron chi connectivity index (χ3n) is 4.53. The van der Waals surface area contributed by atoms with E-state index in [4.69, 9.17) is 0 Å². The number of rotatable bonds is 6. The van der Waals surface area contributed by atoms with E-state index in [0.717, 1.165) is 18.7 Å². The number of aliphatic imine (C=N–C) groups is 1. The van der Waals surface area contributed by atoms with Crippen LogP contribution in [0.25, 0.3) is 0 Å². The SMILES string of the molecule is CN=C(NCc1ccnn1C)NC1CCN(c2ccccc2OC(F)F)C1. The fourth-order valence-corrected chi connectivity index (χ4v) is 3.15. The van der Waals surface area contributed by atoms with Gasteiger partial charge in [0.2, 0.25) is 0 Å². The van der Waals surface area contributed by atoms with E-state index < -0.39 is 6.61 Å². The number of benzene rings is 1. The van der Waals surface area contributed by atoms with Crippen LogP contribution in [0.1, 0.15) is 12.1 Å². The lowest BCUT2D eigenvalue weighted by Crippen LogP contribution is -2.44. The van der Waals surface area contributed by atoms with Gasteiger partial charge < -0.3 is 20.3 Å². The molecule has 2 N–H and O–H groups in total. The number of nitrogens with zero attached hydrogens (tertiary/aromatic N) is 4. The molecule has 0 amide bonds. The molecule has 0 bridgehead atoms. The molecule has 1 aliphatic rings. The zero-order valence-corrected chi connectivity index (χ0v) is 15.4. The Hall–Kier alpha value is -2.84. The third kappa shape index (κ3) is 4.87. The molecule has 1 aromatic carbocycles. The average molecular weight is 378 g/mol. The minimum atomic E-state index is -2.84. The molecule has 0 aliphatic carbocycles. The van der Waals surface area contributed by atoms with Crippen LogP contribution in [-0.2, 0) is 13.6 Å². The summed E-state index contributed by atoms with van der Waals surface area (Å²) in [6, 6.07) is 8.98. The molecule has 9 heteroatoms. The number of para-hydroxylation sites is 2. The summed E-state index contributed by atoms with van der Waals surface area (Å²) < 4.78 is 31.7. The maximum Gasteiger partial charge on any atom is 0.387 e. The second-order valence-electron chi connectivity index (χ2n) is 6.29. The molecule has 3 rings (SSSR count). The monoisotopic (exact) mass is 378 g/mol. The highest BCUT2D eigenvalue weighted by atomic mass is 19.3. The van der Waals surface area contributed by atoms with E-state index in [9.17, 15) is 8.78 Å². The standard InChI is InChI=1S/C18H24F2N6O/c1-21-18(22-11-14-7-9-23-25(14)2)24-13-8-10-26(12-13)15-5-3-4-6-16(15)27-17(19)20/h3-7,9,13,17H,8,10-12H2,1-2H3,(H2,21,22,24). The van der Waals surface area contributed by atoms with Gasteiger partial charge in [-0.25, -0.2) is 0 Å². The molecule has 1 aliphatic heterocycles. The second-order valence-corrected chi connectivity index (χ2v) is 6.29. The van der Waals surface area contributed by atoms with Gasteiger partial charge in [0.1, 0.15) is 5.75 Å². The predicted octanol–water partition coefficient (Wildman–Crippen LogP) is 1.97. The second kappa shape index (κ2) is 8.70. The number of ether oxygens (including phenoxy) is 1. The highest BCUT2D eigenvalue weighted by Gasteiger charge is 2.26. The van der Waals surface area contributed by atoms with Gasteiger partial charge in [0.05, 0.1) is 17.9 Å². The Morgan fingerprint density at radius 3 is 2.89 bits per heavy atom. The molecule has 146 valence electrons. The summed E-state index contributed by atoms with van der Waals surface area (Å²) in [5.41, 5.74) is 1.73. The summed E-state index contributed by atoms with van der Waals surface area (Å²) in [6.45, 7) is -0.800. The summed E-state index contributed by atoms with van der Waals surface area (Å²) in [7, 11) is 3.61. The molecule has 7 nitrogen and oxygen atoms in total. The first kappa shape index (κ1) is 18.9. The number of aryl methyl sites for hydroxylation is 1. The Morgan fingerprint density at radius 2 is 2.19 bits per heavy atom. The van der Waals surface area contributed by atoms with Crippen molar-refractivity contribution in [2.45, 2.75) is 25.6 Å². The van der Waals surface area contributed by atoms with Crippen LogP contribution in [0.5, 0.6) is 5.75 Å². The van der Waals surface area contributed by atoms with Gasteiger partial charge in [-0.1, -0.05) is 12.1 Å². The Bertz CT molecular complexity index is 779. The summed E-state index contributed by atoms with van der Waals surface area (Å²) >= 11 is 0. The van der Waals surface area contributed by atoms with Crippen molar-refractivity contribution in [1.82, 2.24) is 20.4 Å². The van der Waals surface area contributed by atoms with E-state index in [0.29, 0.717) is 24.7 Å². The predicted molar refractivity (Wildman–Crippen MR) is 100 cm³/mol. The Labute approximate surface area is 157 Å². The van der Waals surface area contributed by atoms with E-state index in [1.54, 1.807) is 36.1 Å². The van der Waals surface area contributed by atoms with Gasteiger partial charge in [-0.3, -0.25) is 9.67 Å². The molecule has 0 spiro atoms. The largest absolute Gasteiger partial charge is 0.433 e. The molecule has 1 unspecified atom stereocenters. The number of aromatic nitrogens is 2. The lowest BCUT2D eigenvalue weighted by molar-refractivity contribution is -0.0495. The number of hydrogen-bond donors (Lipinski definition) is 2. The molecule has 2 aromatic rings. The van der Waals surface area contributed by atoms with Crippen molar-refractivity contribution < 1.29 is 13.5 Å². The van der Waals surface area contributed by atoms with Gasteiger partial charge in [-0.15, -0.1) is 0 Å². The maximum atomic E-state index is 12.6. The van der Waals surface area contributed by atoms with Crippen LogP contribution in [0, 0.1) is 0 Å². The van der Waals surface area contributed by atoms with Gasteiger partial charge in [0.25, 0.3) is 0 Å². The zero-order valence-electron chi connectivity index (χ0n) is 15.4. The smallest absolute Gasteiger partial charge is 0.387 e. The van der Waals surface area contributed by atoms with Crippen LogP contribution in [0.15, 0.2) is 41.5 Å². The van der Waals surface area contributed by atoms with Gasteiger partial charge >= 0.3 is 6.61 Å². The molecule has 27 heavy (non-hydrogen) atoms. The van der Waals surface area contributed by atoms with Gasteiger partial charge in [-0.2, -0.15) is 13.9 Å². The molecule has 2 heterocycles. The summed E-state index contributed by atoms with van der Waals surface area (Å²) in [6.07, 6.45) is 2.62. The summed E-state index contributed by atoms with van der Waals surface area (Å²) in [5, 5.41) is 10.8.